The maximum absolute atomic E-state index is 13.0. The fraction of sp³-hybridized carbons (Fsp3) is 0.167. The molecule has 3 aromatic heterocycles. The minimum absolute atomic E-state index is 0.178. The Balaban J connectivity index is 1.76. The van der Waals surface area contributed by atoms with Crippen molar-refractivity contribution in [2.75, 3.05) is 0 Å². The average molecular weight is 353 g/mol. The number of aromatic nitrogens is 3. The Labute approximate surface area is 146 Å². The van der Waals surface area contributed by atoms with Gasteiger partial charge in [0.05, 0.1) is 4.88 Å². The van der Waals surface area contributed by atoms with E-state index in [1.54, 1.807) is 6.92 Å². The molecule has 0 fully saturated rings. The molecule has 0 spiro atoms. The highest BCUT2D eigenvalue weighted by Gasteiger charge is 2.26. The van der Waals surface area contributed by atoms with Gasteiger partial charge in [0.1, 0.15) is 6.04 Å². The number of aryl methyl sites for hydroxylation is 1. The van der Waals surface area contributed by atoms with E-state index < -0.39 is 11.8 Å². The van der Waals surface area contributed by atoms with Gasteiger partial charge in [-0.2, -0.15) is 4.68 Å². The Morgan fingerprint density at radius 2 is 2.08 bits per heavy atom. The van der Waals surface area contributed by atoms with Crippen molar-refractivity contribution in [3.63, 3.8) is 0 Å². The molecule has 25 heavy (non-hydrogen) atoms. The molecular formula is C18H15N3O3S. The van der Waals surface area contributed by atoms with Gasteiger partial charge in [0, 0.05) is 22.2 Å². The van der Waals surface area contributed by atoms with E-state index in [1.165, 1.54) is 11.3 Å². The summed E-state index contributed by atoms with van der Waals surface area (Å²) in [6.45, 7) is 3.51. The van der Waals surface area contributed by atoms with Gasteiger partial charge in [-0.25, -0.2) is 4.79 Å². The van der Waals surface area contributed by atoms with E-state index in [0.29, 0.717) is 5.56 Å². The first-order valence-corrected chi connectivity index (χ1v) is 8.69. The summed E-state index contributed by atoms with van der Waals surface area (Å²) in [7, 11) is 0. The maximum atomic E-state index is 13.0. The summed E-state index contributed by atoms with van der Waals surface area (Å²) in [5.74, 6) is -0.583. The number of thiophene rings is 1. The smallest absolute Gasteiger partial charge is 0.387 e. The zero-order valence-corrected chi connectivity index (χ0v) is 14.5. The first kappa shape index (κ1) is 15.6. The zero-order chi connectivity index (χ0) is 17.6. The lowest BCUT2D eigenvalue weighted by Crippen LogP contribution is -2.26. The van der Waals surface area contributed by atoms with E-state index in [2.05, 4.69) is 10.1 Å². The van der Waals surface area contributed by atoms with Crippen LogP contribution in [0.3, 0.4) is 0 Å². The number of fused-ring (bicyclic) bond motifs is 1. The highest BCUT2D eigenvalue weighted by Crippen LogP contribution is 2.26. The second kappa shape index (κ2) is 5.86. The fourth-order valence-electron chi connectivity index (χ4n) is 2.95. The topological polar surface area (TPSA) is 80.9 Å². The highest BCUT2D eigenvalue weighted by molar-refractivity contribution is 7.13. The molecule has 4 rings (SSSR count). The normalized spacial score (nSPS) is 12.6. The quantitative estimate of drug-likeness (QED) is 0.566. The molecule has 0 saturated heterocycles. The minimum atomic E-state index is -0.761. The molecule has 6 nitrogen and oxygen atoms in total. The van der Waals surface area contributed by atoms with Crippen LogP contribution in [0.15, 0.2) is 51.0 Å². The second-order valence-electron chi connectivity index (χ2n) is 5.81. The Hall–Kier alpha value is -2.93. The van der Waals surface area contributed by atoms with Gasteiger partial charge in [-0.3, -0.25) is 4.79 Å². The lowest BCUT2D eigenvalue weighted by atomic mass is 10.0. The van der Waals surface area contributed by atoms with Gasteiger partial charge >= 0.3 is 5.76 Å². The summed E-state index contributed by atoms with van der Waals surface area (Å²) in [5, 5.41) is 6.92. The molecule has 0 aliphatic carbocycles. The number of benzene rings is 1. The number of aromatic amines is 1. The Morgan fingerprint density at radius 1 is 1.28 bits per heavy atom. The third-order valence-corrected chi connectivity index (χ3v) is 5.05. The summed E-state index contributed by atoms with van der Waals surface area (Å²) >= 11 is 1.42. The molecule has 0 amide bonds. The van der Waals surface area contributed by atoms with Crippen molar-refractivity contribution in [3.8, 4) is 10.8 Å². The van der Waals surface area contributed by atoms with E-state index >= 15 is 0 Å². The number of carbonyl (C=O) groups is 1. The summed E-state index contributed by atoms with van der Waals surface area (Å²) in [5.41, 5.74) is 2.24. The van der Waals surface area contributed by atoms with Crippen LogP contribution in [0.1, 0.15) is 29.0 Å². The molecule has 0 bridgehead atoms. The average Bonchev–Trinajstić information content (AvgIpc) is 3.31. The number of rotatable bonds is 4. The van der Waals surface area contributed by atoms with E-state index in [1.807, 2.05) is 48.7 Å². The van der Waals surface area contributed by atoms with Crippen molar-refractivity contribution >= 4 is 28.0 Å². The Bertz CT molecular complexity index is 1120. The highest BCUT2D eigenvalue weighted by atomic mass is 32.1. The molecule has 0 radical (unpaired) electrons. The van der Waals surface area contributed by atoms with Gasteiger partial charge in [0.2, 0.25) is 0 Å². The van der Waals surface area contributed by atoms with Gasteiger partial charge in [0.15, 0.2) is 5.78 Å². The van der Waals surface area contributed by atoms with Crippen LogP contribution in [-0.2, 0) is 0 Å². The predicted molar refractivity (Wildman–Crippen MR) is 96.2 cm³/mol. The van der Waals surface area contributed by atoms with Crippen LogP contribution < -0.4 is 5.76 Å². The molecular weight excluding hydrogens is 338 g/mol. The number of para-hydroxylation sites is 1. The number of hydrogen-bond acceptors (Lipinski definition) is 5. The van der Waals surface area contributed by atoms with Crippen molar-refractivity contribution in [1.29, 1.82) is 0 Å². The molecule has 126 valence electrons. The van der Waals surface area contributed by atoms with Crippen LogP contribution in [0, 0.1) is 6.92 Å². The van der Waals surface area contributed by atoms with E-state index in [0.717, 1.165) is 26.2 Å². The van der Waals surface area contributed by atoms with Crippen LogP contribution in [0.5, 0.6) is 0 Å². The van der Waals surface area contributed by atoms with Crippen molar-refractivity contribution in [2.45, 2.75) is 19.9 Å². The number of nitrogens with zero attached hydrogens (tertiary/aromatic N) is 2. The molecule has 3 heterocycles. The molecule has 4 aromatic rings. The summed E-state index contributed by atoms with van der Waals surface area (Å²) in [6, 6.07) is 10.5. The molecule has 1 aromatic carbocycles. The molecule has 1 atom stereocenters. The maximum Gasteiger partial charge on any atom is 0.438 e. The standard InChI is InChI=1S/C18H15N3O3S/c1-10-15(12-6-3-4-7-13(12)19-10)16(22)11(2)21-18(23)24-17(20-21)14-8-5-9-25-14/h3-9,11,19H,1-2H3/t11-/m1/s1. The SMILES string of the molecule is Cc1[nH]c2ccccc2c1C(=O)[C@@H](C)n1nc(-c2cccs2)oc1=O. The third kappa shape index (κ3) is 2.53. The van der Waals surface area contributed by atoms with Gasteiger partial charge in [-0.1, -0.05) is 24.3 Å². The van der Waals surface area contributed by atoms with E-state index in [4.69, 9.17) is 4.42 Å². The lowest BCUT2D eigenvalue weighted by Gasteiger charge is -2.09. The van der Waals surface area contributed by atoms with Gasteiger partial charge in [0.25, 0.3) is 5.89 Å². The van der Waals surface area contributed by atoms with E-state index in [9.17, 15) is 9.59 Å². The summed E-state index contributed by atoms with van der Waals surface area (Å²) in [6.07, 6.45) is 0. The number of ketones is 1. The van der Waals surface area contributed by atoms with Crippen molar-refractivity contribution in [1.82, 2.24) is 14.8 Å². The van der Waals surface area contributed by atoms with Crippen molar-refractivity contribution in [3.05, 3.63) is 63.6 Å². The number of H-pyrrole nitrogens is 1. The predicted octanol–water partition coefficient (Wildman–Crippen LogP) is 3.80. The first-order valence-electron chi connectivity index (χ1n) is 7.81. The molecule has 0 saturated carbocycles. The minimum Gasteiger partial charge on any atom is -0.387 e. The third-order valence-electron chi connectivity index (χ3n) is 4.19. The number of Topliss-reactive ketones (excluding diaryl/α,β-unsaturated/α-hetero) is 1. The molecule has 0 unspecified atom stereocenters. The van der Waals surface area contributed by atoms with Crippen LogP contribution >= 0.6 is 11.3 Å². The number of hydrogen-bond donors (Lipinski definition) is 1. The molecule has 0 aliphatic rings. The van der Waals surface area contributed by atoms with Crippen molar-refractivity contribution < 1.29 is 9.21 Å². The van der Waals surface area contributed by atoms with Gasteiger partial charge in [-0.05, 0) is 31.4 Å². The lowest BCUT2D eigenvalue weighted by molar-refractivity contribution is 0.0925. The largest absolute Gasteiger partial charge is 0.438 e. The van der Waals surface area contributed by atoms with E-state index in [-0.39, 0.29) is 11.7 Å². The van der Waals surface area contributed by atoms with Crippen LogP contribution in [-0.4, -0.2) is 20.5 Å². The van der Waals surface area contributed by atoms with Gasteiger partial charge < -0.3 is 9.40 Å². The Kier molecular flexibility index (Phi) is 3.65. The molecule has 1 N–H and O–H groups in total. The van der Waals surface area contributed by atoms with Gasteiger partial charge in [-0.15, -0.1) is 16.4 Å². The first-order chi connectivity index (χ1) is 12.1. The van der Waals surface area contributed by atoms with Crippen LogP contribution in [0.25, 0.3) is 21.7 Å². The van der Waals surface area contributed by atoms with Crippen LogP contribution in [0.2, 0.25) is 0 Å². The Morgan fingerprint density at radius 3 is 2.84 bits per heavy atom. The summed E-state index contributed by atoms with van der Waals surface area (Å²) < 4.78 is 6.32. The summed E-state index contributed by atoms with van der Waals surface area (Å²) in [4.78, 5) is 29.2. The zero-order valence-electron chi connectivity index (χ0n) is 13.6. The van der Waals surface area contributed by atoms with Crippen molar-refractivity contribution in [2.24, 2.45) is 0 Å². The number of carbonyl (C=O) groups excluding carboxylic acids is 1. The molecule has 7 heteroatoms. The number of nitrogens with one attached hydrogen (secondary N) is 1. The second-order valence-corrected chi connectivity index (χ2v) is 6.75. The fourth-order valence-corrected chi connectivity index (χ4v) is 3.59. The molecule has 0 aliphatic heterocycles. The monoisotopic (exact) mass is 353 g/mol. The van der Waals surface area contributed by atoms with Crippen LogP contribution in [0.4, 0.5) is 0 Å².